The number of primary sulfonamides is 1. The Hall–Kier alpha value is -0.910. The summed E-state index contributed by atoms with van der Waals surface area (Å²) in [4.78, 5) is 4.57. The number of halogens is 1. The number of sulfonamides is 1. The van der Waals surface area contributed by atoms with Gasteiger partial charge in [0.15, 0.2) is 5.96 Å². The van der Waals surface area contributed by atoms with Crippen LogP contribution in [-0.4, -0.2) is 40.7 Å². The Morgan fingerprint density at radius 3 is 2.42 bits per heavy atom. The molecule has 0 unspecified atom stereocenters. The second-order valence-electron chi connectivity index (χ2n) is 4.86. The first-order chi connectivity index (χ1) is 11.0. The molecule has 1 aromatic carbocycles. The lowest BCUT2D eigenvalue weighted by molar-refractivity contribution is 0.145. The normalized spacial score (nSPS) is 11.7. The SMILES string of the molecule is CCNC(=NCc1ccc(S(N)(=O)=O)cc1)NCCCOCC.I. The third-order valence-corrected chi connectivity index (χ3v) is 3.91. The van der Waals surface area contributed by atoms with Crippen LogP contribution >= 0.6 is 24.0 Å². The number of hydrogen-bond donors (Lipinski definition) is 3. The fourth-order valence-corrected chi connectivity index (χ4v) is 2.34. The largest absolute Gasteiger partial charge is 0.382 e. The van der Waals surface area contributed by atoms with Gasteiger partial charge in [-0.25, -0.2) is 18.5 Å². The molecule has 138 valence electrons. The van der Waals surface area contributed by atoms with Gasteiger partial charge in [-0.15, -0.1) is 24.0 Å². The standard InChI is InChI=1S/C15H26N4O3S.HI/c1-3-17-15(18-10-5-11-22-4-2)19-12-13-6-8-14(9-7-13)23(16,20)21;/h6-9H,3-5,10-12H2,1-2H3,(H2,16,20,21)(H2,17,18,19);1H. The van der Waals surface area contributed by atoms with Crippen molar-refractivity contribution in [2.75, 3.05) is 26.3 Å². The Bertz CT molecular complexity index is 591. The lowest BCUT2D eigenvalue weighted by Crippen LogP contribution is -2.38. The zero-order chi connectivity index (χ0) is 17.1. The number of benzene rings is 1. The maximum atomic E-state index is 11.2. The van der Waals surface area contributed by atoms with Gasteiger partial charge in [0.1, 0.15) is 0 Å². The number of nitrogens with two attached hydrogens (primary N) is 1. The van der Waals surface area contributed by atoms with Crippen molar-refractivity contribution >= 4 is 40.0 Å². The molecule has 0 saturated carbocycles. The van der Waals surface area contributed by atoms with Crippen molar-refractivity contribution in [3.63, 3.8) is 0 Å². The minimum atomic E-state index is -3.65. The lowest BCUT2D eigenvalue weighted by Gasteiger charge is -2.11. The molecule has 24 heavy (non-hydrogen) atoms. The topological polar surface area (TPSA) is 106 Å². The van der Waals surface area contributed by atoms with Crippen LogP contribution in [0.2, 0.25) is 0 Å². The molecule has 0 saturated heterocycles. The van der Waals surface area contributed by atoms with Crippen LogP contribution in [0.1, 0.15) is 25.8 Å². The summed E-state index contributed by atoms with van der Waals surface area (Å²) in [5, 5.41) is 11.5. The minimum absolute atomic E-state index is 0. The fraction of sp³-hybridized carbons (Fsp3) is 0.533. The number of nitrogens with one attached hydrogen (secondary N) is 2. The van der Waals surface area contributed by atoms with Gasteiger partial charge >= 0.3 is 0 Å². The average molecular weight is 470 g/mol. The first-order valence-electron chi connectivity index (χ1n) is 7.69. The van der Waals surface area contributed by atoms with E-state index in [-0.39, 0.29) is 28.9 Å². The highest BCUT2D eigenvalue weighted by Crippen LogP contribution is 2.09. The van der Waals surface area contributed by atoms with Gasteiger partial charge < -0.3 is 15.4 Å². The predicted molar refractivity (Wildman–Crippen MR) is 107 cm³/mol. The average Bonchev–Trinajstić information content (AvgIpc) is 2.52. The summed E-state index contributed by atoms with van der Waals surface area (Å²) >= 11 is 0. The van der Waals surface area contributed by atoms with Gasteiger partial charge in [-0.2, -0.15) is 0 Å². The van der Waals surface area contributed by atoms with Crippen LogP contribution in [0.4, 0.5) is 0 Å². The first kappa shape index (κ1) is 23.1. The van der Waals surface area contributed by atoms with Gasteiger partial charge in [0.25, 0.3) is 0 Å². The maximum absolute atomic E-state index is 11.2. The zero-order valence-electron chi connectivity index (χ0n) is 14.1. The van der Waals surface area contributed by atoms with E-state index in [9.17, 15) is 8.42 Å². The molecule has 0 aliphatic rings. The van der Waals surface area contributed by atoms with E-state index in [0.29, 0.717) is 6.54 Å². The highest BCUT2D eigenvalue weighted by molar-refractivity contribution is 14.0. The van der Waals surface area contributed by atoms with Crippen molar-refractivity contribution in [2.24, 2.45) is 10.1 Å². The van der Waals surface area contributed by atoms with E-state index in [1.54, 1.807) is 12.1 Å². The molecule has 1 aromatic rings. The monoisotopic (exact) mass is 470 g/mol. The van der Waals surface area contributed by atoms with Crippen LogP contribution < -0.4 is 15.8 Å². The quantitative estimate of drug-likeness (QED) is 0.219. The molecule has 0 amide bonds. The summed E-state index contributed by atoms with van der Waals surface area (Å²) in [5.74, 6) is 0.722. The van der Waals surface area contributed by atoms with Crippen molar-refractivity contribution in [1.29, 1.82) is 0 Å². The number of ether oxygens (including phenoxy) is 1. The van der Waals surface area contributed by atoms with Gasteiger partial charge in [-0.3, -0.25) is 0 Å². The van der Waals surface area contributed by atoms with E-state index < -0.39 is 10.0 Å². The summed E-state index contributed by atoms with van der Waals surface area (Å²) < 4.78 is 27.7. The molecule has 0 aromatic heterocycles. The van der Waals surface area contributed by atoms with Crippen molar-refractivity contribution in [3.05, 3.63) is 29.8 Å². The van der Waals surface area contributed by atoms with E-state index in [1.807, 2.05) is 13.8 Å². The van der Waals surface area contributed by atoms with Crippen LogP contribution in [0.5, 0.6) is 0 Å². The Labute approximate surface area is 161 Å². The fourth-order valence-electron chi connectivity index (χ4n) is 1.82. The third kappa shape index (κ3) is 9.40. The number of hydrogen-bond acceptors (Lipinski definition) is 4. The Morgan fingerprint density at radius 2 is 1.88 bits per heavy atom. The number of aliphatic imine (C=N–C) groups is 1. The van der Waals surface area contributed by atoms with Gasteiger partial charge in [0.05, 0.1) is 11.4 Å². The van der Waals surface area contributed by atoms with Crippen LogP contribution in [0, 0.1) is 0 Å². The second kappa shape index (κ2) is 12.5. The summed E-state index contributed by atoms with van der Waals surface area (Å²) in [6.45, 7) is 7.41. The smallest absolute Gasteiger partial charge is 0.238 e. The molecule has 1 rings (SSSR count). The highest BCUT2D eigenvalue weighted by Gasteiger charge is 2.06. The first-order valence-corrected chi connectivity index (χ1v) is 9.23. The maximum Gasteiger partial charge on any atom is 0.238 e. The molecule has 4 N–H and O–H groups in total. The minimum Gasteiger partial charge on any atom is -0.382 e. The summed E-state index contributed by atoms with van der Waals surface area (Å²) in [6.07, 6.45) is 0.904. The third-order valence-electron chi connectivity index (χ3n) is 2.98. The van der Waals surface area contributed by atoms with Crippen molar-refractivity contribution in [1.82, 2.24) is 10.6 Å². The Kier molecular flexibility index (Phi) is 12.0. The molecule has 7 nitrogen and oxygen atoms in total. The molecule has 0 atom stereocenters. The van der Waals surface area contributed by atoms with E-state index in [4.69, 9.17) is 9.88 Å². The Morgan fingerprint density at radius 1 is 1.21 bits per heavy atom. The van der Waals surface area contributed by atoms with E-state index in [1.165, 1.54) is 12.1 Å². The van der Waals surface area contributed by atoms with Crippen LogP contribution in [0.3, 0.4) is 0 Å². The van der Waals surface area contributed by atoms with E-state index in [0.717, 1.165) is 44.2 Å². The molecule has 0 aliphatic carbocycles. The molecule has 0 fully saturated rings. The van der Waals surface area contributed by atoms with E-state index in [2.05, 4.69) is 15.6 Å². The van der Waals surface area contributed by atoms with Crippen LogP contribution in [0.25, 0.3) is 0 Å². The van der Waals surface area contributed by atoms with Gasteiger partial charge in [-0.05, 0) is 38.0 Å². The van der Waals surface area contributed by atoms with Crippen molar-refractivity contribution in [2.45, 2.75) is 31.7 Å². The van der Waals surface area contributed by atoms with Gasteiger partial charge in [-0.1, -0.05) is 12.1 Å². The highest BCUT2D eigenvalue weighted by atomic mass is 127. The predicted octanol–water partition coefficient (Wildman–Crippen LogP) is 1.43. The summed E-state index contributed by atoms with van der Waals surface area (Å²) in [6, 6.07) is 6.40. The van der Waals surface area contributed by atoms with Crippen molar-refractivity contribution < 1.29 is 13.2 Å². The number of nitrogens with zero attached hydrogens (tertiary/aromatic N) is 1. The second-order valence-corrected chi connectivity index (χ2v) is 6.42. The van der Waals surface area contributed by atoms with Crippen LogP contribution in [0.15, 0.2) is 34.2 Å². The van der Waals surface area contributed by atoms with Gasteiger partial charge in [0.2, 0.25) is 10.0 Å². The van der Waals surface area contributed by atoms with Crippen molar-refractivity contribution in [3.8, 4) is 0 Å². The number of rotatable bonds is 9. The molecule has 0 aliphatic heterocycles. The molecule has 0 bridgehead atoms. The summed E-state index contributed by atoms with van der Waals surface area (Å²) in [7, 11) is -3.65. The van der Waals surface area contributed by atoms with Gasteiger partial charge in [0, 0.05) is 26.3 Å². The lowest BCUT2D eigenvalue weighted by atomic mass is 10.2. The van der Waals surface area contributed by atoms with E-state index >= 15 is 0 Å². The zero-order valence-corrected chi connectivity index (χ0v) is 17.3. The number of guanidine groups is 1. The molecule has 0 spiro atoms. The summed E-state index contributed by atoms with van der Waals surface area (Å²) in [5.41, 5.74) is 0.906. The molecular formula is C15H27IN4O3S. The molecule has 0 heterocycles. The van der Waals surface area contributed by atoms with Crippen LogP contribution in [-0.2, 0) is 21.3 Å². The Balaban J connectivity index is 0.00000529. The molecular weight excluding hydrogens is 443 g/mol. The molecule has 9 heteroatoms. The molecule has 0 radical (unpaired) electrons.